The first-order valence-electron chi connectivity index (χ1n) is 13.8. The van der Waals surface area contributed by atoms with E-state index in [0.29, 0.717) is 17.9 Å². The van der Waals surface area contributed by atoms with Crippen molar-refractivity contribution in [2.45, 2.75) is 78.7 Å². The number of benzene rings is 1. The molecule has 3 atom stereocenters. The van der Waals surface area contributed by atoms with Gasteiger partial charge in [0.05, 0.1) is 36.3 Å². The summed E-state index contributed by atoms with van der Waals surface area (Å²) < 4.78 is 46.2. The third-order valence-electron chi connectivity index (χ3n) is 7.47. The molecule has 2 N–H and O–H groups in total. The predicted molar refractivity (Wildman–Crippen MR) is 148 cm³/mol. The molecule has 1 saturated heterocycles. The minimum atomic E-state index is -5.11. The highest BCUT2D eigenvalue weighted by atomic mass is 19.4. The van der Waals surface area contributed by atoms with Crippen LogP contribution < -0.4 is 15.4 Å². The van der Waals surface area contributed by atoms with Crippen molar-refractivity contribution in [3.8, 4) is 11.4 Å². The Kier molecular flexibility index (Phi) is 10.1. The van der Waals surface area contributed by atoms with Crippen LogP contribution in [0.15, 0.2) is 24.4 Å². The highest BCUT2D eigenvalue weighted by Crippen LogP contribution is 2.25. The van der Waals surface area contributed by atoms with Crippen LogP contribution in [0.2, 0.25) is 0 Å². The minimum absolute atomic E-state index is 0.184. The number of nitrogens with one attached hydrogen (secondary N) is 2. The molecule has 1 aromatic heterocycles. The molecule has 1 aliphatic heterocycles. The van der Waals surface area contributed by atoms with Gasteiger partial charge in [-0.1, -0.05) is 27.7 Å². The quantitative estimate of drug-likeness (QED) is 0.435. The van der Waals surface area contributed by atoms with Crippen LogP contribution in [0.3, 0.4) is 0 Å². The van der Waals surface area contributed by atoms with Gasteiger partial charge in [0, 0.05) is 6.54 Å². The topological polar surface area (TPSA) is 123 Å². The lowest BCUT2D eigenvalue weighted by Crippen LogP contribution is -2.58. The second kappa shape index (κ2) is 13.0. The van der Waals surface area contributed by atoms with Gasteiger partial charge < -0.3 is 20.3 Å². The second-order valence-corrected chi connectivity index (χ2v) is 11.2. The lowest BCUT2D eigenvalue weighted by atomic mass is 9.98. The number of aromatic nitrogens is 2. The third-order valence-corrected chi connectivity index (χ3v) is 7.47. The van der Waals surface area contributed by atoms with E-state index in [2.05, 4.69) is 15.7 Å². The van der Waals surface area contributed by atoms with E-state index in [9.17, 15) is 32.3 Å². The van der Waals surface area contributed by atoms with E-state index in [-0.39, 0.29) is 24.4 Å². The SMILES string of the molecule is COc1ccc(-n2ncc(C(=O)N[C@H](C(=O)N3CCC[C@H]3C(=O)N[C@H](C(=O)C(F)(F)F)C(C)C)C(C)C)c2C)c(C)c1. The number of alkyl halides is 3. The Morgan fingerprint density at radius 2 is 1.67 bits per heavy atom. The Balaban J connectivity index is 1.79. The Morgan fingerprint density at radius 3 is 2.21 bits per heavy atom. The number of carbonyl (C=O) groups excluding carboxylic acids is 4. The summed E-state index contributed by atoms with van der Waals surface area (Å²) in [6.07, 6.45) is -3.05. The molecule has 1 aromatic carbocycles. The molecule has 0 unspecified atom stereocenters. The monoisotopic (exact) mass is 593 g/mol. The molecule has 1 fully saturated rings. The average molecular weight is 594 g/mol. The summed E-state index contributed by atoms with van der Waals surface area (Å²) in [6, 6.07) is 1.58. The van der Waals surface area contributed by atoms with E-state index in [0.717, 1.165) is 11.3 Å². The number of hydrogen-bond donors (Lipinski definition) is 2. The number of aryl methyl sites for hydroxylation is 1. The molecule has 0 radical (unpaired) electrons. The lowest BCUT2D eigenvalue weighted by molar-refractivity contribution is -0.175. The maximum Gasteiger partial charge on any atom is 0.452 e. The summed E-state index contributed by atoms with van der Waals surface area (Å²) in [4.78, 5) is 53.3. The standard InChI is InChI=1S/C29H38F3N5O5/c1-15(2)23(25(38)29(30,31)32)34-27(40)22-9-8-12-36(22)28(41)24(16(3)4)35-26(39)20-14-33-37(18(20)6)21-11-10-19(42-7)13-17(21)5/h10-11,13-16,22-24H,8-9,12H2,1-7H3,(H,34,40)(H,35,39)/t22-,23-,24-/m0/s1. The smallest absolute Gasteiger partial charge is 0.452 e. The highest BCUT2D eigenvalue weighted by Gasteiger charge is 2.46. The van der Waals surface area contributed by atoms with Crippen molar-refractivity contribution in [1.29, 1.82) is 0 Å². The molecule has 230 valence electrons. The number of amides is 3. The van der Waals surface area contributed by atoms with Crippen molar-refractivity contribution in [2.24, 2.45) is 11.8 Å². The summed E-state index contributed by atoms with van der Waals surface area (Å²) in [7, 11) is 1.57. The molecule has 13 heteroatoms. The normalized spacial score (nSPS) is 16.9. The van der Waals surface area contributed by atoms with Crippen LogP contribution in [0, 0.1) is 25.7 Å². The van der Waals surface area contributed by atoms with Gasteiger partial charge >= 0.3 is 6.18 Å². The van der Waals surface area contributed by atoms with Gasteiger partial charge in [0.15, 0.2) is 0 Å². The molecule has 3 rings (SSSR count). The molecule has 0 aliphatic carbocycles. The van der Waals surface area contributed by atoms with Crippen molar-refractivity contribution in [2.75, 3.05) is 13.7 Å². The second-order valence-electron chi connectivity index (χ2n) is 11.2. The molecule has 1 aliphatic rings. The van der Waals surface area contributed by atoms with Crippen LogP contribution in [0.25, 0.3) is 5.69 Å². The first-order chi connectivity index (χ1) is 19.6. The fraction of sp³-hybridized carbons (Fsp3) is 0.552. The van der Waals surface area contributed by atoms with Crippen LogP contribution in [-0.2, 0) is 14.4 Å². The molecule has 0 bridgehead atoms. The summed E-state index contributed by atoms with van der Waals surface area (Å²) in [5.74, 6) is -4.46. The van der Waals surface area contributed by atoms with Crippen molar-refractivity contribution in [3.05, 3.63) is 41.2 Å². The predicted octanol–water partition coefficient (Wildman–Crippen LogP) is 3.52. The van der Waals surface area contributed by atoms with Crippen molar-refractivity contribution in [1.82, 2.24) is 25.3 Å². The fourth-order valence-electron chi connectivity index (χ4n) is 5.04. The number of rotatable bonds is 10. The molecule has 0 spiro atoms. The maximum atomic E-state index is 13.6. The van der Waals surface area contributed by atoms with Crippen LogP contribution in [0.5, 0.6) is 5.75 Å². The van der Waals surface area contributed by atoms with Gasteiger partial charge in [0.2, 0.25) is 11.8 Å². The summed E-state index contributed by atoms with van der Waals surface area (Å²) in [5, 5.41) is 9.35. The van der Waals surface area contributed by atoms with Crippen LogP contribution in [0.4, 0.5) is 13.2 Å². The molecule has 3 amide bonds. The van der Waals surface area contributed by atoms with Crippen LogP contribution in [-0.4, -0.2) is 76.1 Å². The van der Waals surface area contributed by atoms with Crippen LogP contribution >= 0.6 is 0 Å². The molecule has 2 aromatic rings. The zero-order valence-electron chi connectivity index (χ0n) is 24.8. The number of methoxy groups -OCH3 is 1. The third kappa shape index (κ3) is 6.93. The number of halogens is 3. The van der Waals surface area contributed by atoms with Gasteiger partial charge in [-0.3, -0.25) is 19.2 Å². The van der Waals surface area contributed by atoms with Gasteiger partial charge in [0.25, 0.3) is 11.7 Å². The largest absolute Gasteiger partial charge is 0.497 e. The zero-order valence-corrected chi connectivity index (χ0v) is 24.8. The number of nitrogens with zero attached hydrogens (tertiary/aromatic N) is 3. The van der Waals surface area contributed by atoms with E-state index >= 15 is 0 Å². The Hall–Kier alpha value is -3.90. The zero-order chi connectivity index (χ0) is 31.5. The molecule has 10 nitrogen and oxygen atoms in total. The van der Waals surface area contributed by atoms with Crippen molar-refractivity contribution < 1.29 is 37.1 Å². The minimum Gasteiger partial charge on any atom is -0.497 e. The van der Waals surface area contributed by atoms with E-state index < -0.39 is 53.7 Å². The average Bonchev–Trinajstić information content (AvgIpc) is 3.55. The number of hydrogen-bond acceptors (Lipinski definition) is 6. The lowest BCUT2D eigenvalue weighted by Gasteiger charge is -2.31. The number of ketones is 1. The fourth-order valence-corrected chi connectivity index (χ4v) is 5.04. The van der Waals surface area contributed by atoms with Crippen LogP contribution in [0.1, 0.15) is 62.2 Å². The number of carbonyl (C=O) groups is 4. The van der Waals surface area contributed by atoms with Gasteiger partial charge in [-0.2, -0.15) is 18.3 Å². The van der Waals surface area contributed by atoms with Crippen molar-refractivity contribution >= 4 is 23.5 Å². The molecular weight excluding hydrogens is 555 g/mol. The van der Waals surface area contributed by atoms with E-state index in [1.807, 2.05) is 19.1 Å². The molecule has 2 heterocycles. The summed E-state index contributed by atoms with van der Waals surface area (Å²) >= 11 is 0. The first kappa shape index (κ1) is 32.6. The number of ether oxygens (including phenoxy) is 1. The maximum absolute atomic E-state index is 13.6. The summed E-state index contributed by atoms with van der Waals surface area (Å²) in [5.41, 5.74) is 2.42. The van der Waals surface area contributed by atoms with Gasteiger partial charge in [-0.15, -0.1) is 0 Å². The van der Waals surface area contributed by atoms with Crippen molar-refractivity contribution in [3.63, 3.8) is 0 Å². The van der Waals surface area contributed by atoms with E-state index in [1.165, 1.54) is 24.9 Å². The Labute approximate surface area is 243 Å². The van der Waals surface area contributed by atoms with Gasteiger partial charge in [0.1, 0.15) is 17.8 Å². The molecular formula is C29H38F3N5O5. The van der Waals surface area contributed by atoms with Gasteiger partial charge in [-0.05, 0) is 62.3 Å². The number of likely N-dealkylation sites (tertiary alicyclic amines) is 1. The Bertz CT molecular complexity index is 1340. The van der Waals surface area contributed by atoms with Gasteiger partial charge in [-0.25, -0.2) is 4.68 Å². The summed E-state index contributed by atoms with van der Waals surface area (Å²) in [6.45, 7) is 10.1. The highest BCUT2D eigenvalue weighted by molar-refractivity contribution is 6.00. The first-order valence-corrected chi connectivity index (χ1v) is 13.8. The Morgan fingerprint density at radius 1 is 1.02 bits per heavy atom. The number of Topliss-reactive ketones (excluding diaryl/α,β-unsaturated/α-hetero) is 1. The molecule has 42 heavy (non-hydrogen) atoms. The van der Waals surface area contributed by atoms with E-state index in [4.69, 9.17) is 4.74 Å². The van der Waals surface area contributed by atoms with E-state index in [1.54, 1.807) is 38.6 Å². The molecule has 0 saturated carbocycles.